The van der Waals surface area contributed by atoms with Crippen molar-refractivity contribution in [3.8, 4) is 0 Å². The molecule has 0 aliphatic heterocycles. The van der Waals surface area contributed by atoms with Crippen molar-refractivity contribution in [2.24, 2.45) is 0 Å². The maximum absolute atomic E-state index is 11.7. The van der Waals surface area contributed by atoms with Gasteiger partial charge in [-0.05, 0) is 25.5 Å². The number of carbonyl (C=O) groups is 1. The molecule has 2 rings (SSSR count). The Kier molecular flexibility index (Phi) is 1.76. The fourth-order valence-corrected chi connectivity index (χ4v) is 1.60. The molecular weight excluding hydrogens is 162 g/mol. The Morgan fingerprint density at radius 3 is 2.85 bits per heavy atom. The normalized spacial score (nSPS) is 14.6. The first kappa shape index (κ1) is 8.17. The molecule has 2 nitrogen and oxygen atoms in total. The highest BCUT2D eigenvalue weighted by molar-refractivity contribution is 6.12. The van der Waals surface area contributed by atoms with Crippen LogP contribution in [0.2, 0.25) is 0 Å². The highest BCUT2D eigenvalue weighted by atomic mass is 16.1. The van der Waals surface area contributed by atoms with E-state index in [4.69, 9.17) is 0 Å². The van der Waals surface area contributed by atoms with Crippen LogP contribution in [0.5, 0.6) is 0 Å². The van der Waals surface area contributed by atoms with Gasteiger partial charge in [0.05, 0.1) is 0 Å². The lowest BCUT2D eigenvalue weighted by molar-refractivity contribution is 0.103. The number of ketones is 1. The SMILES string of the molecule is CC(C)=C1Cc2cccnc2C1=O. The number of hydrogen-bond acceptors (Lipinski definition) is 2. The lowest BCUT2D eigenvalue weighted by Gasteiger charge is -1.95. The Labute approximate surface area is 77.3 Å². The van der Waals surface area contributed by atoms with Crippen LogP contribution in [0.15, 0.2) is 29.5 Å². The highest BCUT2D eigenvalue weighted by Gasteiger charge is 2.26. The molecule has 0 spiro atoms. The van der Waals surface area contributed by atoms with Crippen LogP contribution in [0.4, 0.5) is 0 Å². The zero-order valence-corrected chi connectivity index (χ0v) is 7.79. The van der Waals surface area contributed by atoms with Crippen molar-refractivity contribution < 1.29 is 4.79 Å². The van der Waals surface area contributed by atoms with Crippen LogP contribution in [0, 0.1) is 0 Å². The van der Waals surface area contributed by atoms with Crippen LogP contribution in [0.3, 0.4) is 0 Å². The van der Waals surface area contributed by atoms with E-state index in [1.165, 1.54) is 0 Å². The molecule has 0 atom stereocenters. The van der Waals surface area contributed by atoms with Crippen LogP contribution in [-0.4, -0.2) is 10.8 Å². The van der Waals surface area contributed by atoms with Gasteiger partial charge >= 0.3 is 0 Å². The first-order chi connectivity index (χ1) is 6.20. The first-order valence-electron chi connectivity index (χ1n) is 4.35. The molecule has 13 heavy (non-hydrogen) atoms. The molecule has 0 N–H and O–H groups in total. The molecule has 1 aliphatic rings. The van der Waals surface area contributed by atoms with Crippen LogP contribution < -0.4 is 0 Å². The minimum Gasteiger partial charge on any atom is -0.287 e. The van der Waals surface area contributed by atoms with Crippen LogP contribution in [0.1, 0.15) is 29.9 Å². The van der Waals surface area contributed by atoms with Crippen molar-refractivity contribution in [1.82, 2.24) is 4.98 Å². The molecule has 0 aromatic carbocycles. The molecular formula is C11H11NO. The number of aromatic nitrogens is 1. The van der Waals surface area contributed by atoms with E-state index in [1.54, 1.807) is 6.20 Å². The van der Waals surface area contributed by atoms with E-state index in [0.29, 0.717) is 5.69 Å². The van der Waals surface area contributed by atoms with E-state index in [2.05, 4.69) is 4.98 Å². The summed E-state index contributed by atoms with van der Waals surface area (Å²) in [4.78, 5) is 15.8. The second-order valence-corrected chi connectivity index (χ2v) is 3.50. The predicted octanol–water partition coefficient (Wildman–Crippen LogP) is 2.16. The van der Waals surface area contributed by atoms with Gasteiger partial charge in [-0.1, -0.05) is 11.6 Å². The predicted molar refractivity (Wildman–Crippen MR) is 50.6 cm³/mol. The summed E-state index contributed by atoms with van der Waals surface area (Å²) in [5.41, 5.74) is 3.71. The van der Waals surface area contributed by atoms with Gasteiger partial charge in [-0.2, -0.15) is 0 Å². The number of pyridine rings is 1. The number of nitrogens with zero attached hydrogens (tertiary/aromatic N) is 1. The number of hydrogen-bond donors (Lipinski definition) is 0. The lowest BCUT2D eigenvalue weighted by atomic mass is 10.1. The molecule has 0 unspecified atom stereocenters. The Morgan fingerprint density at radius 1 is 1.46 bits per heavy atom. The van der Waals surface area contributed by atoms with Crippen molar-refractivity contribution in [2.75, 3.05) is 0 Å². The van der Waals surface area contributed by atoms with Gasteiger partial charge in [0.15, 0.2) is 0 Å². The van der Waals surface area contributed by atoms with Crippen molar-refractivity contribution >= 4 is 5.78 Å². The summed E-state index contributed by atoms with van der Waals surface area (Å²) in [5.74, 6) is 0.107. The summed E-state index contributed by atoms with van der Waals surface area (Å²) < 4.78 is 0. The minimum atomic E-state index is 0.107. The van der Waals surface area contributed by atoms with E-state index in [0.717, 1.165) is 23.1 Å². The van der Waals surface area contributed by atoms with Crippen LogP contribution >= 0.6 is 0 Å². The number of fused-ring (bicyclic) bond motifs is 1. The summed E-state index contributed by atoms with van der Waals surface area (Å²) >= 11 is 0. The Morgan fingerprint density at radius 2 is 2.23 bits per heavy atom. The second-order valence-electron chi connectivity index (χ2n) is 3.50. The quantitative estimate of drug-likeness (QED) is 0.563. The third-order valence-corrected chi connectivity index (χ3v) is 2.35. The Bertz CT molecular complexity index is 400. The molecule has 66 valence electrons. The van der Waals surface area contributed by atoms with Crippen molar-refractivity contribution in [1.29, 1.82) is 0 Å². The van der Waals surface area contributed by atoms with Crippen LogP contribution in [-0.2, 0) is 6.42 Å². The van der Waals surface area contributed by atoms with Gasteiger partial charge < -0.3 is 0 Å². The van der Waals surface area contributed by atoms with Crippen molar-refractivity contribution in [3.05, 3.63) is 40.7 Å². The van der Waals surface area contributed by atoms with Gasteiger partial charge in [0.2, 0.25) is 5.78 Å². The summed E-state index contributed by atoms with van der Waals surface area (Å²) in [6, 6.07) is 3.84. The van der Waals surface area contributed by atoms with Crippen LogP contribution in [0.25, 0.3) is 0 Å². The smallest absolute Gasteiger partial charge is 0.207 e. The van der Waals surface area contributed by atoms with Gasteiger partial charge in [0.25, 0.3) is 0 Å². The number of Topliss-reactive ketones (excluding diaryl/α,β-unsaturated/α-hetero) is 1. The van der Waals surface area contributed by atoms with Gasteiger partial charge in [-0.15, -0.1) is 0 Å². The molecule has 1 aromatic heterocycles. The van der Waals surface area contributed by atoms with Gasteiger partial charge in [-0.3, -0.25) is 9.78 Å². The topological polar surface area (TPSA) is 30.0 Å². The number of carbonyl (C=O) groups excluding carboxylic acids is 1. The summed E-state index contributed by atoms with van der Waals surface area (Å²) in [6.07, 6.45) is 2.43. The molecule has 0 saturated carbocycles. The minimum absolute atomic E-state index is 0.107. The second kappa shape index (κ2) is 2.80. The molecule has 0 saturated heterocycles. The Hall–Kier alpha value is -1.44. The monoisotopic (exact) mass is 173 g/mol. The standard InChI is InChI=1S/C11H11NO/c1-7(2)9-6-8-4-3-5-12-10(8)11(9)13/h3-5H,6H2,1-2H3. The third-order valence-electron chi connectivity index (χ3n) is 2.35. The molecule has 1 aliphatic carbocycles. The number of allylic oxidation sites excluding steroid dienone is 2. The maximum atomic E-state index is 11.7. The van der Waals surface area contributed by atoms with Crippen molar-refractivity contribution in [2.45, 2.75) is 20.3 Å². The molecule has 2 heteroatoms. The number of rotatable bonds is 0. The van der Waals surface area contributed by atoms with Gasteiger partial charge in [-0.25, -0.2) is 0 Å². The average Bonchev–Trinajstić information content (AvgIpc) is 2.45. The summed E-state index contributed by atoms with van der Waals surface area (Å²) in [6.45, 7) is 3.94. The average molecular weight is 173 g/mol. The molecule has 0 fully saturated rings. The van der Waals surface area contributed by atoms with E-state index < -0.39 is 0 Å². The zero-order valence-electron chi connectivity index (χ0n) is 7.79. The van der Waals surface area contributed by atoms with Crippen molar-refractivity contribution in [3.63, 3.8) is 0 Å². The molecule has 1 heterocycles. The Balaban J connectivity index is 2.57. The maximum Gasteiger partial charge on any atom is 0.207 e. The molecule has 0 bridgehead atoms. The van der Waals surface area contributed by atoms with Gasteiger partial charge in [0.1, 0.15) is 5.69 Å². The molecule has 0 radical (unpaired) electrons. The highest BCUT2D eigenvalue weighted by Crippen LogP contribution is 2.25. The lowest BCUT2D eigenvalue weighted by Crippen LogP contribution is -1.99. The van der Waals surface area contributed by atoms with E-state index in [9.17, 15) is 4.79 Å². The van der Waals surface area contributed by atoms with E-state index in [-0.39, 0.29) is 5.78 Å². The fourth-order valence-electron chi connectivity index (χ4n) is 1.60. The largest absolute Gasteiger partial charge is 0.287 e. The first-order valence-corrected chi connectivity index (χ1v) is 4.35. The van der Waals surface area contributed by atoms with E-state index in [1.807, 2.05) is 26.0 Å². The molecule has 0 amide bonds. The third kappa shape index (κ3) is 1.18. The molecule has 1 aromatic rings. The van der Waals surface area contributed by atoms with Gasteiger partial charge in [0, 0.05) is 18.2 Å². The summed E-state index contributed by atoms with van der Waals surface area (Å²) in [7, 11) is 0. The fraction of sp³-hybridized carbons (Fsp3) is 0.273. The summed E-state index contributed by atoms with van der Waals surface area (Å²) in [5, 5.41) is 0. The zero-order chi connectivity index (χ0) is 9.42. The van der Waals surface area contributed by atoms with E-state index >= 15 is 0 Å².